The molecule has 0 atom stereocenters. The molecule has 3 rings (SSSR count). The van der Waals surface area contributed by atoms with Gasteiger partial charge < -0.3 is 10.1 Å². The molecule has 0 saturated heterocycles. The van der Waals surface area contributed by atoms with Gasteiger partial charge in [0, 0.05) is 12.1 Å². The van der Waals surface area contributed by atoms with E-state index in [4.69, 9.17) is 4.74 Å². The normalized spacial score (nSPS) is 11.0. The zero-order valence-electron chi connectivity index (χ0n) is 16.9. The number of nitrogens with one attached hydrogen (secondary N) is 2. The van der Waals surface area contributed by atoms with Gasteiger partial charge in [-0.05, 0) is 60.9 Å². The summed E-state index contributed by atoms with van der Waals surface area (Å²) in [5.41, 5.74) is 2.67. The molecule has 3 aromatic carbocycles. The molecule has 1 amide bonds. The fraction of sp³-hybridized carbons (Fsp3) is 0.174. The number of hydrogen-bond donors (Lipinski definition) is 2. The Hall–Kier alpha value is -3.32. The quantitative estimate of drug-likeness (QED) is 0.576. The van der Waals surface area contributed by atoms with Crippen molar-refractivity contribution in [1.29, 1.82) is 0 Å². The van der Waals surface area contributed by atoms with E-state index in [1.54, 1.807) is 31.4 Å². The Bertz CT molecular complexity index is 1130. The first-order valence-electron chi connectivity index (χ1n) is 9.49. The molecule has 0 bridgehead atoms. The van der Waals surface area contributed by atoms with E-state index in [-0.39, 0.29) is 16.4 Å². The molecule has 0 aliphatic carbocycles. The minimum Gasteiger partial charge on any atom is -0.497 e. The predicted molar refractivity (Wildman–Crippen MR) is 117 cm³/mol. The molecule has 3 aromatic rings. The van der Waals surface area contributed by atoms with Crippen LogP contribution in [0.25, 0.3) is 0 Å². The number of amides is 1. The summed E-state index contributed by atoms with van der Waals surface area (Å²) in [5, 5.41) is 2.83. The summed E-state index contributed by atoms with van der Waals surface area (Å²) in [5.74, 6) is 0.455. The Kier molecular flexibility index (Phi) is 6.74. The zero-order chi connectivity index (χ0) is 21.6. The van der Waals surface area contributed by atoms with E-state index in [0.717, 1.165) is 16.9 Å². The van der Waals surface area contributed by atoms with Crippen molar-refractivity contribution in [2.45, 2.75) is 18.2 Å². The van der Waals surface area contributed by atoms with Crippen molar-refractivity contribution in [3.8, 4) is 5.75 Å². The first-order chi connectivity index (χ1) is 14.4. The van der Waals surface area contributed by atoms with Crippen LogP contribution in [0, 0.1) is 6.92 Å². The third-order valence-electron chi connectivity index (χ3n) is 4.65. The zero-order valence-corrected chi connectivity index (χ0v) is 17.7. The second-order valence-electron chi connectivity index (χ2n) is 6.80. The molecule has 0 heterocycles. The first kappa shape index (κ1) is 21.4. The van der Waals surface area contributed by atoms with E-state index in [2.05, 4.69) is 10.0 Å². The molecule has 0 saturated carbocycles. The second kappa shape index (κ2) is 9.45. The van der Waals surface area contributed by atoms with Crippen LogP contribution in [0.15, 0.2) is 77.7 Å². The minimum absolute atomic E-state index is 0.0357. The highest BCUT2D eigenvalue weighted by molar-refractivity contribution is 7.92. The van der Waals surface area contributed by atoms with Gasteiger partial charge in [0.1, 0.15) is 5.75 Å². The molecule has 156 valence electrons. The standard InChI is InChI=1S/C23H24N2O4S/c1-17-6-3-4-9-22(17)25-30(27,28)21-8-5-7-19(16-21)23(26)24-15-14-18-10-12-20(29-2)13-11-18/h3-13,16,25H,14-15H2,1-2H3,(H,24,26). The summed E-state index contributed by atoms with van der Waals surface area (Å²) >= 11 is 0. The van der Waals surface area contributed by atoms with Gasteiger partial charge in [0.05, 0.1) is 17.7 Å². The lowest BCUT2D eigenvalue weighted by Crippen LogP contribution is -2.26. The van der Waals surface area contributed by atoms with Crippen molar-refractivity contribution in [1.82, 2.24) is 5.32 Å². The highest BCUT2D eigenvalue weighted by atomic mass is 32.2. The molecular formula is C23H24N2O4S. The SMILES string of the molecule is COc1ccc(CCNC(=O)c2cccc(S(=O)(=O)Nc3ccccc3C)c2)cc1. The molecule has 6 nitrogen and oxygen atoms in total. The van der Waals surface area contributed by atoms with Crippen LogP contribution in [0.5, 0.6) is 5.75 Å². The third-order valence-corrected chi connectivity index (χ3v) is 6.02. The van der Waals surface area contributed by atoms with Crippen LogP contribution >= 0.6 is 0 Å². The van der Waals surface area contributed by atoms with Gasteiger partial charge in [-0.1, -0.05) is 36.4 Å². The molecule has 0 radical (unpaired) electrons. The van der Waals surface area contributed by atoms with Crippen LogP contribution in [-0.4, -0.2) is 28.0 Å². The topological polar surface area (TPSA) is 84.5 Å². The van der Waals surface area contributed by atoms with Gasteiger partial charge in [-0.3, -0.25) is 9.52 Å². The maximum atomic E-state index is 12.7. The average Bonchev–Trinajstić information content (AvgIpc) is 2.76. The number of hydrogen-bond acceptors (Lipinski definition) is 4. The van der Waals surface area contributed by atoms with Gasteiger partial charge in [0.25, 0.3) is 15.9 Å². The molecule has 0 spiro atoms. The lowest BCUT2D eigenvalue weighted by molar-refractivity contribution is 0.0954. The van der Waals surface area contributed by atoms with Crippen molar-refractivity contribution in [3.05, 3.63) is 89.5 Å². The molecule has 0 aromatic heterocycles. The first-order valence-corrected chi connectivity index (χ1v) is 11.0. The number of sulfonamides is 1. The summed E-state index contributed by atoms with van der Waals surface area (Å²) in [6.45, 7) is 2.26. The van der Waals surface area contributed by atoms with Gasteiger partial charge in [0.2, 0.25) is 0 Å². The highest BCUT2D eigenvalue weighted by Gasteiger charge is 2.17. The Morgan fingerprint density at radius 1 is 0.967 bits per heavy atom. The van der Waals surface area contributed by atoms with Crippen molar-refractivity contribution < 1.29 is 17.9 Å². The van der Waals surface area contributed by atoms with Crippen LogP contribution in [0.3, 0.4) is 0 Å². The maximum Gasteiger partial charge on any atom is 0.261 e. The van der Waals surface area contributed by atoms with Crippen LogP contribution in [0.1, 0.15) is 21.5 Å². The summed E-state index contributed by atoms with van der Waals surface area (Å²) in [6.07, 6.45) is 0.655. The van der Waals surface area contributed by atoms with Crippen LogP contribution in [0.4, 0.5) is 5.69 Å². The summed E-state index contributed by atoms with van der Waals surface area (Å²) in [4.78, 5) is 12.5. The number of methoxy groups -OCH3 is 1. The summed E-state index contributed by atoms with van der Waals surface area (Å²) in [6, 6.07) is 20.7. The van der Waals surface area contributed by atoms with Crippen molar-refractivity contribution >= 4 is 21.6 Å². The maximum absolute atomic E-state index is 12.7. The second-order valence-corrected chi connectivity index (χ2v) is 8.48. The van der Waals surface area contributed by atoms with Crippen molar-refractivity contribution in [2.75, 3.05) is 18.4 Å². The van der Waals surface area contributed by atoms with E-state index < -0.39 is 10.0 Å². The summed E-state index contributed by atoms with van der Waals surface area (Å²) < 4.78 is 33.2. The van der Waals surface area contributed by atoms with E-state index in [1.165, 1.54) is 12.1 Å². The Morgan fingerprint density at radius 3 is 2.40 bits per heavy atom. The lowest BCUT2D eigenvalue weighted by atomic mass is 10.1. The van der Waals surface area contributed by atoms with Crippen LogP contribution < -0.4 is 14.8 Å². The molecule has 7 heteroatoms. The predicted octanol–water partition coefficient (Wildman–Crippen LogP) is 3.78. The number of rotatable bonds is 8. The average molecular weight is 425 g/mol. The Balaban J connectivity index is 1.65. The number of aryl methyl sites for hydroxylation is 1. The number of carbonyl (C=O) groups is 1. The number of para-hydroxylation sites is 1. The molecule has 0 unspecified atom stereocenters. The van der Waals surface area contributed by atoms with Gasteiger partial charge in [-0.2, -0.15) is 0 Å². The Labute approximate surface area is 177 Å². The van der Waals surface area contributed by atoms with E-state index in [9.17, 15) is 13.2 Å². The fourth-order valence-corrected chi connectivity index (χ4v) is 4.09. The smallest absolute Gasteiger partial charge is 0.261 e. The van der Waals surface area contributed by atoms with Crippen LogP contribution in [-0.2, 0) is 16.4 Å². The molecule has 0 fully saturated rings. The highest BCUT2D eigenvalue weighted by Crippen LogP contribution is 2.20. The fourth-order valence-electron chi connectivity index (χ4n) is 2.91. The summed E-state index contributed by atoms with van der Waals surface area (Å²) in [7, 11) is -2.19. The van der Waals surface area contributed by atoms with Gasteiger partial charge >= 0.3 is 0 Å². The molecule has 0 aliphatic rings. The van der Waals surface area contributed by atoms with Crippen molar-refractivity contribution in [2.24, 2.45) is 0 Å². The number of carbonyl (C=O) groups excluding carboxylic acids is 1. The number of benzene rings is 3. The lowest BCUT2D eigenvalue weighted by Gasteiger charge is -2.11. The van der Waals surface area contributed by atoms with Gasteiger partial charge in [-0.25, -0.2) is 8.42 Å². The monoisotopic (exact) mass is 424 g/mol. The largest absolute Gasteiger partial charge is 0.497 e. The molecule has 0 aliphatic heterocycles. The van der Waals surface area contributed by atoms with Gasteiger partial charge in [-0.15, -0.1) is 0 Å². The molecule has 30 heavy (non-hydrogen) atoms. The number of ether oxygens (including phenoxy) is 1. The molecular weight excluding hydrogens is 400 g/mol. The Morgan fingerprint density at radius 2 is 1.70 bits per heavy atom. The minimum atomic E-state index is -3.80. The van der Waals surface area contributed by atoms with E-state index in [1.807, 2.05) is 43.3 Å². The molecule has 2 N–H and O–H groups in total. The van der Waals surface area contributed by atoms with Crippen molar-refractivity contribution in [3.63, 3.8) is 0 Å². The van der Waals surface area contributed by atoms with Crippen LogP contribution in [0.2, 0.25) is 0 Å². The van der Waals surface area contributed by atoms with E-state index in [0.29, 0.717) is 18.7 Å². The third kappa shape index (κ3) is 5.39. The van der Waals surface area contributed by atoms with Gasteiger partial charge in [0.15, 0.2) is 0 Å². The number of anilines is 1. The van der Waals surface area contributed by atoms with E-state index >= 15 is 0 Å².